The molecular weight excluding hydrogens is 362 g/mol. The van der Waals surface area contributed by atoms with Gasteiger partial charge in [-0.15, -0.1) is 11.3 Å². The predicted octanol–water partition coefficient (Wildman–Crippen LogP) is 3.68. The number of rotatable bonds is 4. The lowest BCUT2D eigenvalue weighted by Gasteiger charge is -2.17. The molecule has 8 heteroatoms. The Balaban J connectivity index is 2.06. The quantitative estimate of drug-likeness (QED) is 0.716. The second-order valence-corrected chi connectivity index (χ2v) is 8.64. The molecule has 0 aliphatic rings. The first-order valence-corrected chi connectivity index (χ1v) is 9.54. The zero-order chi connectivity index (χ0) is 19.8. The van der Waals surface area contributed by atoms with Crippen LogP contribution in [0.5, 0.6) is 0 Å². The molecule has 0 atom stereocenters. The van der Waals surface area contributed by atoms with Crippen molar-refractivity contribution in [2.24, 2.45) is 5.41 Å². The van der Waals surface area contributed by atoms with Gasteiger partial charge in [-0.05, 0) is 30.7 Å². The normalized spacial score (nSPS) is 11.6. The molecule has 3 heterocycles. The first-order valence-electron chi connectivity index (χ1n) is 8.66. The Labute approximate surface area is 161 Å². The van der Waals surface area contributed by atoms with Gasteiger partial charge in [0.2, 0.25) is 11.9 Å². The van der Waals surface area contributed by atoms with Crippen LogP contribution in [-0.2, 0) is 4.79 Å². The highest BCUT2D eigenvalue weighted by Crippen LogP contribution is 2.28. The van der Waals surface area contributed by atoms with Gasteiger partial charge in [0.15, 0.2) is 0 Å². The number of carbonyl (C=O) groups is 1. The summed E-state index contributed by atoms with van der Waals surface area (Å²) in [5, 5.41) is 9.43. The number of aryl methyl sites for hydroxylation is 1. The summed E-state index contributed by atoms with van der Waals surface area (Å²) in [4.78, 5) is 32.8. The SMILES string of the molecule is Cc1nc(-n2nc(-c3cccs3)cc2NC(=O)CC(C)(C)C)[nH]c(=O)c1C. The van der Waals surface area contributed by atoms with Gasteiger partial charge in [0.25, 0.3) is 5.56 Å². The lowest BCUT2D eigenvalue weighted by Crippen LogP contribution is -2.23. The molecule has 0 saturated carbocycles. The lowest BCUT2D eigenvalue weighted by molar-refractivity contribution is -0.117. The van der Waals surface area contributed by atoms with E-state index in [9.17, 15) is 9.59 Å². The van der Waals surface area contributed by atoms with E-state index >= 15 is 0 Å². The van der Waals surface area contributed by atoms with Crippen LogP contribution in [0.3, 0.4) is 0 Å². The van der Waals surface area contributed by atoms with Gasteiger partial charge >= 0.3 is 0 Å². The van der Waals surface area contributed by atoms with Crippen LogP contribution < -0.4 is 10.9 Å². The Morgan fingerprint density at radius 3 is 2.67 bits per heavy atom. The predicted molar refractivity (Wildman–Crippen MR) is 107 cm³/mol. The molecule has 3 aromatic rings. The number of nitrogens with one attached hydrogen (secondary N) is 2. The minimum atomic E-state index is -0.224. The molecule has 0 saturated heterocycles. The van der Waals surface area contributed by atoms with Crippen molar-refractivity contribution in [1.82, 2.24) is 19.7 Å². The van der Waals surface area contributed by atoms with E-state index < -0.39 is 0 Å². The number of amides is 1. The smallest absolute Gasteiger partial charge is 0.255 e. The van der Waals surface area contributed by atoms with Crippen LogP contribution in [0.25, 0.3) is 16.5 Å². The van der Waals surface area contributed by atoms with E-state index in [1.54, 1.807) is 31.3 Å². The van der Waals surface area contributed by atoms with Crippen LogP contribution in [0.2, 0.25) is 0 Å². The van der Waals surface area contributed by atoms with Gasteiger partial charge in [-0.3, -0.25) is 14.6 Å². The molecule has 27 heavy (non-hydrogen) atoms. The minimum absolute atomic E-state index is 0.118. The maximum Gasteiger partial charge on any atom is 0.255 e. The average Bonchev–Trinajstić information content (AvgIpc) is 3.19. The number of hydrogen-bond acceptors (Lipinski definition) is 5. The number of hydrogen-bond donors (Lipinski definition) is 2. The molecule has 7 nitrogen and oxygen atoms in total. The van der Waals surface area contributed by atoms with Crippen LogP contribution in [0, 0.1) is 19.3 Å². The van der Waals surface area contributed by atoms with Crippen molar-refractivity contribution < 1.29 is 4.79 Å². The highest BCUT2D eigenvalue weighted by Gasteiger charge is 2.20. The standard InChI is InChI=1S/C19H23N5O2S/c1-11-12(2)20-18(22-17(11)26)24-15(21-16(25)10-19(3,4)5)9-13(23-24)14-7-6-8-27-14/h6-9H,10H2,1-5H3,(H,21,25)(H,20,22,26). The first kappa shape index (κ1) is 19.0. The summed E-state index contributed by atoms with van der Waals surface area (Å²) in [5.41, 5.74) is 1.52. The lowest BCUT2D eigenvalue weighted by atomic mass is 9.92. The summed E-state index contributed by atoms with van der Waals surface area (Å²) in [7, 11) is 0. The summed E-state index contributed by atoms with van der Waals surface area (Å²) in [6.07, 6.45) is 0.364. The fourth-order valence-corrected chi connectivity index (χ4v) is 3.26. The Kier molecular flexibility index (Phi) is 5.01. The highest BCUT2D eigenvalue weighted by atomic mass is 32.1. The van der Waals surface area contributed by atoms with Crippen LogP contribution in [0.4, 0.5) is 5.82 Å². The molecule has 0 spiro atoms. The van der Waals surface area contributed by atoms with Crippen molar-refractivity contribution in [3.8, 4) is 16.5 Å². The zero-order valence-electron chi connectivity index (χ0n) is 16.1. The molecule has 0 radical (unpaired) electrons. The summed E-state index contributed by atoms with van der Waals surface area (Å²) in [6.45, 7) is 9.50. The van der Waals surface area contributed by atoms with E-state index in [-0.39, 0.29) is 22.8 Å². The number of thiophene rings is 1. The Morgan fingerprint density at radius 1 is 1.33 bits per heavy atom. The topological polar surface area (TPSA) is 92.7 Å². The zero-order valence-corrected chi connectivity index (χ0v) is 16.9. The van der Waals surface area contributed by atoms with Gasteiger partial charge < -0.3 is 5.32 Å². The van der Waals surface area contributed by atoms with Gasteiger partial charge in [0.1, 0.15) is 11.5 Å². The largest absolute Gasteiger partial charge is 0.310 e. The van der Waals surface area contributed by atoms with Crippen molar-refractivity contribution in [2.75, 3.05) is 5.32 Å². The fourth-order valence-electron chi connectivity index (χ4n) is 2.58. The summed E-state index contributed by atoms with van der Waals surface area (Å²) in [6, 6.07) is 5.68. The van der Waals surface area contributed by atoms with Crippen LogP contribution in [-0.4, -0.2) is 25.7 Å². The molecule has 3 rings (SSSR count). The van der Waals surface area contributed by atoms with Crippen molar-refractivity contribution in [3.63, 3.8) is 0 Å². The van der Waals surface area contributed by atoms with E-state index in [1.807, 2.05) is 38.3 Å². The number of carbonyl (C=O) groups excluding carboxylic acids is 1. The van der Waals surface area contributed by atoms with E-state index in [2.05, 4.69) is 20.4 Å². The van der Waals surface area contributed by atoms with Crippen LogP contribution in [0.1, 0.15) is 38.4 Å². The van der Waals surface area contributed by atoms with Crippen molar-refractivity contribution in [2.45, 2.75) is 41.0 Å². The van der Waals surface area contributed by atoms with E-state index in [4.69, 9.17) is 0 Å². The molecule has 2 N–H and O–H groups in total. The highest BCUT2D eigenvalue weighted by molar-refractivity contribution is 7.13. The molecule has 0 aliphatic carbocycles. The van der Waals surface area contributed by atoms with E-state index in [1.165, 1.54) is 4.68 Å². The number of nitrogens with zero attached hydrogens (tertiary/aromatic N) is 3. The maximum absolute atomic E-state index is 12.5. The monoisotopic (exact) mass is 385 g/mol. The molecular formula is C19H23N5O2S. The van der Waals surface area contributed by atoms with Gasteiger partial charge in [-0.25, -0.2) is 4.98 Å². The molecule has 1 amide bonds. The average molecular weight is 385 g/mol. The number of anilines is 1. The van der Waals surface area contributed by atoms with Gasteiger partial charge in [0, 0.05) is 23.7 Å². The van der Waals surface area contributed by atoms with Gasteiger partial charge in [0.05, 0.1) is 4.88 Å². The molecule has 0 unspecified atom stereocenters. The maximum atomic E-state index is 12.5. The van der Waals surface area contributed by atoms with Crippen molar-refractivity contribution in [1.29, 1.82) is 0 Å². The Morgan fingerprint density at radius 2 is 2.07 bits per heavy atom. The fraction of sp³-hybridized carbons (Fsp3) is 0.368. The molecule has 0 fully saturated rings. The van der Waals surface area contributed by atoms with E-state index in [0.29, 0.717) is 29.2 Å². The number of aromatic nitrogens is 4. The minimum Gasteiger partial charge on any atom is -0.310 e. The molecule has 0 bridgehead atoms. The van der Waals surface area contributed by atoms with Gasteiger partial charge in [-0.1, -0.05) is 26.8 Å². The van der Waals surface area contributed by atoms with E-state index in [0.717, 1.165) is 4.88 Å². The van der Waals surface area contributed by atoms with Crippen molar-refractivity contribution in [3.05, 3.63) is 45.2 Å². The van der Waals surface area contributed by atoms with Gasteiger partial charge in [-0.2, -0.15) is 9.78 Å². The Bertz CT molecular complexity index is 1030. The third kappa shape index (κ3) is 4.33. The molecule has 0 aliphatic heterocycles. The second kappa shape index (κ2) is 7.11. The second-order valence-electron chi connectivity index (χ2n) is 7.69. The Hall–Kier alpha value is -2.74. The van der Waals surface area contributed by atoms with Crippen LogP contribution in [0.15, 0.2) is 28.4 Å². The summed E-state index contributed by atoms with van der Waals surface area (Å²) < 4.78 is 1.48. The van der Waals surface area contributed by atoms with Crippen molar-refractivity contribution >= 4 is 23.1 Å². The first-order chi connectivity index (χ1) is 12.6. The number of H-pyrrole nitrogens is 1. The molecule has 142 valence electrons. The summed E-state index contributed by atoms with van der Waals surface area (Å²) >= 11 is 1.55. The third-order valence-electron chi connectivity index (χ3n) is 4.02. The molecule has 0 aromatic carbocycles. The summed E-state index contributed by atoms with van der Waals surface area (Å²) in [5.74, 6) is 0.628. The van der Waals surface area contributed by atoms with Crippen LogP contribution >= 0.6 is 11.3 Å². The number of aromatic amines is 1. The third-order valence-corrected chi connectivity index (χ3v) is 4.92. The molecule has 3 aromatic heterocycles.